The molecule has 0 spiro atoms. The first-order chi connectivity index (χ1) is 7.09. The van der Waals surface area contributed by atoms with Crippen LogP contribution in [-0.2, 0) is 4.79 Å². The molecule has 0 bridgehead atoms. The van der Waals surface area contributed by atoms with Crippen molar-refractivity contribution in [1.29, 1.82) is 0 Å². The lowest BCUT2D eigenvalue weighted by Gasteiger charge is -2.06. The van der Waals surface area contributed by atoms with E-state index in [-0.39, 0.29) is 11.1 Å². The summed E-state index contributed by atoms with van der Waals surface area (Å²) >= 11 is 0. The third-order valence-corrected chi connectivity index (χ3v) is 2.07. The summed E-state index contributed by atoms with van der Waals surface area (Å²) in [6, 6.07) is 3.65. The van der Waals surface area contributed by atoms with E-state index in [1.807, 2.05) is 0 Å². The topological polar surface area (TPSA) is 70.7 Å². The normalized spacial score (nSPS) is 12.9. The summed E-state index contributed by atoms with van der Waals surface area (Å²) in [6.45, 7) is 0. The molecule has 1 unspecified atom stereocenters. The Labute approximate surface area is 83.6 Å². The first-order valence-corrected chi connectivity index (χ1v) is 4.17. The molecule has 78 valence electrons. The van der Waals surface area contributed by atoms with E-state index >= 15 is 0 Å². The minimum absolute atomic E-state index is 0.0810. The van der Waals surface area contributed by atoms with Crippen LogP contribution < -0.4 is 0 Å². The average Bonchev–Trinajstić information content (AvgIpc) is 2.62. The van der Waals surface area contributed by atoms with E-state index in [0.717, 1.165) is 6.07 Å². The van der Waals surface area contributed by atoms with Crippen LogP contribution in [0.25, 0.3) is 11.0 Å². The summed E-state index contributed by atoms with van der Waals surface area (Å²) in [5, 5.41) is 18.3. The lowest BCUT2D eigenvalue weighted by Crippen LogP contribution is -2.10. The fraction of sp³-hybridized carbons (Fsp3) is 0.100. The lowest BCUT2D eigenvalue weighted by atomic mass is 10.1. The number of carboxylic acids is 1. The molecule has 0 aliphatic heterocycles. The Kier molecular flexibility index (Phi) is 2.17. The van der Waals surface area contributed by atoms with Crippen LogP contribution in [0.5, 0.6) is 0 Å². The van der Waals surface area contributed by atoms with Crippen LogP contribution in [0.1, 0.15) is 11.7 Å². The molecule has 2 rings (SSSR count). The standard InChI is InChI=1S/C10H7FO4/c11-6-3-5-1-2-15-9(5)7(4-6)8(12)10(13)14/h1-4,8,12H,(H,13,14). The van der Waals surface area contributed by atoms with E-state index in [9.17, 15) is 14.3 Å². The number of carbonyl (C=O) groups is 1. The molecule has 2 N–H and O–H groups in total. The number of hydrogen-bond donors (Lipinski definition) is 2. The Morgan fingerprint density at radius 1 is 1.47 bits per heavy atom. The van der Waals surface area contributed by atoms with Gasteiger partial charge < -0.3 is 14.6 Å². The summed E-state index contributed by atoms with van der Waals surface area (Å²) in [5.41, 5.74) is 0.105. The minimum Gasteiger partial charge on any atom is -0.479 e. The zero-order valence-corrected chi connectivity index (χ0v) is 7.48. The highest BCUT2D eigenvalue weighted by Crippen LogP contribution is 2.26. The molecule has 0 fully saturated rings. The smallest absolute Gasteiger partial charge is 0.337 e. The van der Waals surface area contributed by atoms with Gasteiger partial charge in [-0.05, 0) is 18.2 Å². The van der Waals surface area contributed by atoms with Gasteiger partial charge in [-0.2, -0.15) is 0 Å². The second kappa shape index (κ2) is 3.36. The number of halogens is 1. The Morgan fingerprint density at radius 3 is 2.87 bits per heavy atom. The van der Waals surface area contributed by atoms with Crippen LogP contribution in [0.3, 0.4) is 0 Å². The highest BCUT2D eigenvalue weighted by molar-refractivity contribution is 5.86. The number of fused-ring (bicyclic) bond motifs is 1. The van der Waals surface area contributed by atoms with Crippen molar-refractivity contribution in [2.45, 2.75) is 6.10 Å². The van der Waals surface area contributed by atoms with Gasteiger partial charge >= 0.3 is 5.97 Å². The second-order valence-electron chi connectivity index (χ2n) is 3.07. The van der Waals surface area contributed by atoms with Crippen LogP contribution in [0.4, 0.5) is 4.39 Å². The molecule has 2 aromatic rings. The SMILES string of the molecule is O=C(O)C(O)c1cc(F)cc2ccoc12. The van der Waals surface area contributed by atoms with Gasteiger partial charge in [-0.3, -0.25) is 0 Å². The summed E-state index contributed by atoms with van der Waals surface area (Å²) in [7, 11) is 0. The van der Waals surface area contributed by atoms with E-state index < -0.39 is 17.9 Å². The maximum Gasteiger partial charge on any atom is 0.337 e. The van der Waals surface area contributed by atoms with Gasteiger partial charge in [0.25, 0.3) is 0 Å². The van der Waals surface area contributed by atoms with Crippen molar-refractivity contribution in [3.63, 3.8) is 0 Å². The molecular formula is C10H7FO4. The Balaban J connectivity index is 2.67. The van der Waals surface area contributed by atoms with Gasteiger partial charge in [0.2, 0.25) is 0 Å². The van der Waals surface area contributed by atoms with Crippen molar-refractivity contribution in [2.24, 2.45) is 0 Å². The highest BCUT2D eigenvalue weighted by atomic mass is 19.1. The summed E-state index contributed by atoms with van der Waals surface area (Å²) < 4.78 is 18.0. The van der Waals surface area contributed by atoms with Crippen molar-refractivity contribution >= 4 is 16.9 Å². The highest BCUT2D eigenvalue weighted by Gasteiger charge is 2.21. The van der Waals surface area contributed by atoms with Crippen molar-refractivity contribution in [1.82, 2.24) is 0 Å². The number of rotatable bonds is 2. The number of furan rings is 1. The Hall–Kier alpha value is -1.88. The van der Waals surface area contributed by atoms with Gasteiger partial charge in [0, 0.05) is 10.9 Å². The van der Waals surface area contributed by atoms with Gasteiger partial charge in [0.15, 0.2) is 6.10 Å². The van der Waals surface area contributed by atoms with Crippen LogP contribution >= 0.6 is 0 Å². The van der Waals surface area contributed by atoms with Crippen LogP contribution in [0.2, 0.25) is 0 Å². The lowest BCUT2D eigenvalue weighted by molar-refractivity contribution is -0.146. The van der Waals surface area contributed by atoms with Gasteiger partial charge in [-0.1, -0.05) is 0 Å². The number of hydrogen-bond acceptors (Lipinski definition) is 3. The molecule has 0 saturated carbocycles. The van der Waals surface area contributed by atoms with Gasteiger partial charge in [-0.15, -0.1) is 0 Å². The van der Waals surface area contributed by atoms with Crippen molar-refractivity contribution in [3.8, 4) is 0 Å². The number of aliphatic hydroxyl groups is 1. The predicted octanol–water partition coefficient (Wildman–Crippen LogP) is 1.69. The Morgan fingerprint density at radius 2 is 2.20 bits per heavy atom. The van der Waals surface area contributed by atoms with E-state index in [4.69, 9.17) is 9.52 Å². The number of aliphatic carboxylic acids is 1. The summed E-state index contributed by atoms with van der Waals surface area (Å²) in [4.78, 5) is 10.6. The zero-order chi connectivity index (χ0) is 11.0. The fourth-order valence-corrected chi connectivity index (χ4v) is 1.41. The first-order valence-electron chi connectivity index (χ1n) is 4.17. The molecule has 1 atom stereocenters. The average molecular weight is 210 g/mol. The quantitative estimate of drug-likeness (QED) is 0.791. The third kappa shape index (κ3) is 1.57. The maximum atomic E-state index is 13.1. The van der Waals surface area contributed by atoms with E-state index in [1.165, 1.54) is 18.4 Å². The van der Waals surface area contributed by atoms with Gasteiger partial charge in [-0.25, -0.2) is 9.18 Å². The molecule has 0 aliphatic carbocycles. The number of carboxylic acid groups (broad SMARTS) is 1. The summed E-state index contributed by atoms with van der Waals surface area (Å²) in [5.74, 6) is -2.06. The van der Waals surface area contributed by atoms with E-state index in [0.29, 0.717) is 5.39 Å². The summed E-state index contributed by atoms with van der Waals surface area (Å²) in [6.07, 6.45) is -0.475. The van der Waals surface area contributed by atoms with E-state index in [1.54, 1.807) is 0 Å². The monoisotopic (exact) mass is 210 g/mol. The van der Waals surface area contributed by atoms with Gasteiger partial charge in [0.1, 0.15) is 11.4 Å². The number of aliphatic hydroxyl groups excluding tert-OH is 1. The van der Waals surface area contributed by atoms with Gasteiger partial charge in [0.05, 0.1) is 6.26 Å². The largest absolute Gasteiger partial charge is 0.479 e. The van der Waals surface area contributed by atoms with Crippen LogP contribution in [0.15, 0.2) is 28.9 Å². The minimum atomic E-state index is -1.78. The molecule has 1 aromatic carbocycles. The second-order valence-corrected chi connectivity index (χ2v) is 3.07. The molecule has 1 heterocycles. The van der Waals surface area contributed by atoms with Crippen molar-refractivity contribution in [3.05, 3.63) is 35.8 Å². The third-order valence-electron chi connectivity index (χ3n) is 2.07. The molecule has 0 radical (unpaired) electrons. The molecular weight excluding hydrogens is 203 g/mol. The van der Waals surface area contributed by atoms with Crippen LogP contribution in [-0.4, -0.2) is 16.2 Å². The van der Waals surface area contributed by atoms with E-state index in [2.05, 4.69) is 0 Å². The molecule has 1 aromatic heterocycles. The first kappa shape index (κ1) is 9.67. The molecule has 5 heteroatoms. The molecule has 0 amide bonds. The maximum absolute atomic E-state index is 13.1. The molecule has 0 aliphatic rings. The van der Waals surface area contributed by atoms with Crippen LogP contribution in [0, 0.1) is 5.82 Å². The molecule has 15 heavy (non-hydrogen) atoms. The number of benzene rings is 1. The molecule has 4 nitrogen and oxygen atoms in total. The predicted molar refractivity (Wildman–Crippen MR) is 48.8 cm³/mol. The Bertz CT molecular complexity index is 517. The molecule has 0 saturated heterocycles. The van der Waals surface area contributed by atoms with Crippen molar-refractivity contribution in [2.75, 3.05) is 0 Å². The zero-order valence-electron chi connectivity index (χ0n) is 7.48. The fourth-order valence-electron chi connectivity index (χ4n) is 1.41. The van der Waals surface area contributed by atoms with Crippen molar-refractivity contribution < 1.29 is 23.8 Å².